The van der Waals surface area contributed by atoms with Crippen LogP contribution in [0.4, 0.5) is 0 Å². The Bertz CT molecular complexity index is 455. The van der Waals surface area contributed by atoms with Crippen LogP contribution < -0.4 is 0 Å². The summed E-state index contributed by atoms with van der Waals surface area (Å²) < 4.78 is 3.61. The molecule has 2 heterocycles. The number of hydrogen-bond donors (Lipinski definition) is 0. The Morgan fingerprint density at radius 3 is 2.43 bits per heavy atom. The van der Waals surface area contributed by atoms with Crippen LogP contribution in [0, 0.1) is 13.8 Å². The standard InChI is InChI=1S/C9H10N4O/c1-7-3-9(4-14)8(2)13(7)12-5-10-11-6-12/h3-6H,1-2H3. The predicted octanol–water partition coefficient (Wildman–Crippen LogP) is 0.820. The van der Waals surface area contributed by atoms with Crippen LogP contribution in [0.15, 0.2) is 18.7 Å². The van der Waals surface area contributed by atoms with Crippen LogP contribution in [0.5, 0.6) is 0 Å². The lowest BCUT2D eigenvalue weighted by atomic mass is 10.3. The van der Waals surface area contributed by atoms with Gasteiger partial charge in [-0.3, -0.25) is 9.47 Å². The molecule has 0 saturated carbocycles. The van der Waals surface area contributed by atoms with E-state index in [-0.39, 0.29) is 0 Å². The van der Waals surface area contributed by atoms with Crippen molar-refractivity contribution < 1.29 is 4.79 Å². The average molecular weight is 190 g/mol. The van der Waals surface area contributed by atoms with E-state index in [1.807, 2.05) is 24.6 Å². The van der Waals surface area contributed by atoms with Crippen molar-refractivity contribution in [3.63, 3.8) is 0 Å². The highest BCUT2D eigenvalue weighted by Gasteiger charge is 2.08. The van der Waals surface area contributed by atoms with Crippen LogP contribution >= 0.6 is 0 Å². The van der Waals surface area contributed by atoms with Gasteiger partial charge in [0.15, 0.2) is 6.29 Å². The fraction of sp³-hybridized carbons (Fsp3) is 0.222. The number of carbonyl (C=O) groups is 1. The summed E-state index contributed by atoms with van der Waals surface area (Å²) in [7, 11) is 0. The van der Waals surface area contributed by atoms with Crippen LogP contribution in [0.2, 0.25) is 0 Å². The van der Waals surface area contributed by atoms with Gasteiger partial charge in [-0.25, -0.2) is 4.68 Å². The van der Waals surface area contributed by atoms with Gasteiger partial charge in [-0.05, 0) is 19.9 Å². The van der Waals surface area contributed by atoms with Crippen LogP contribution in [0.3, 0.4) is 0 Å². The fourth-order valence-electron chi connectivity index (χ4n) is 1.55. The van der Waals surface area contributed by atoms with Crippen molar-refractivity contribution in [2.75, 3.05) is 0 Å². The average Bonchev–Trinajstić information content (AvgIpc) is 2.74. The van der Waals surface area contributed by atoms with Crippen molar-refractivity contribution in [2.45, 2.75) is 13.8 Å². The second-order valence-corrected chi connectivity index (χ2v) is 3.10. The zero-order valence-electron chi connectivity index (χ0n) is 8.01. The first-order valence-corrected chi connectivity index (χ1v) is 4.23. The van der Waals surface area contributed by atoms with Gasteiger partial charge < -0.3 is 0 Å². The van der Waals surface area contributed by atoms with E-state index in [1.165, 1.54) is 0 Å². The minimum absolute atomic E-state index is 0.691. The Morgan fingerprint density at radius 2 is 1.93 bits per heavy atom. The molecule has 0 aliphatic heterocycles. The summed E-state index contributed by atoms with van der Waals surface area (Å²) in [6.07, 6.45) is 4.03. The predicted molar refractivity (Wildman–Crippen MR) is 50.1 cm³/mol. The molecule has 0 atom stereocenters. The molecule has 5 nitrogen and oxygen atoms in total. The molecular formula is C9H10N4O. The Balaban J connectivity index is 2.64. The third-order valence-electron chi connectivity index (χ3n) is 2.20. The minimum atomic E-state index is 0.691. The highest BCUT2D eigenvalue weighted by atomic mass is 16.1. The summed E-state index contributed by atoms with van der Waals surface area (Å²) in [4.78, 5) is 10.7. The Morgan fingerprint density at radius 1 is 1.29 bits per heavy atom. The number of rotatable bonds is 2. The zero-order chi connectivity index (χ0) is 10.1. The molecule has 72 valence electrons. The van der Waals surface area contributed by atoms with Gasteiger partial charge in [0.25, 0.3) is 0 Å². The Labute approximate surface area is 81.0 Å². The maximum Gasteiger partial charge on any atom is 0.151 e. The van der Waals surface area contributed by atoms with Crippen molar-refractivity contribution in [3.8, 4) is 0 Å². The second-order valence-electron chi connectivity index (χ2n) is 3.10. The van der Waals surface area contributed by atoms with Gasteiger partial charge in [-0.15, -0.1) is 10.2 Å². The number of aromatic nitrogens is 4. The van der Waals surface area contributed by atoms with Gasteiger partial charge in [0.05, 0.1) is 0 Å². The largest absolute Gasteiger partial charge is 0.298 e. The van der Waals surface area contributed by atoms with Crippen LogP contribution in [-0.4, -0.2) is 25.8 Å². The van der Waals surface area contributed by atoms with E-state index in [0.717, 1.165) is 17.7 Å². The first-order chi connectivity index (χ1) is 6.74. The van der Waals surface area contributed by atoms with Crippen molar-refractivity contribution in [2.24, 2.45) is 0 Å². The van der Waals surface area contributed by atoms with E-state index in [1.54, 1.807) is 17.3 Å². The molecular weight excluding hydrogens is 180 g/mol. The molecule has 0 amide bonds. The molecule has 0 bridgehead atoms. The van der Waals surface area contributed by atoms with Gasteiger partial charge in [-0.1, -0.05) is 0 Å². The molecule has 5 heteroatoms. The van der Waals surface area contributed by atoms with E-state index in [0.29, 0.717) is 5.56 Å². The summed E-state index contributed by atoms with van der Waals surface area (Å²) in [5.74, 6) is 0. The molecule has 0 aliphatic rings. The number of aryl methyl sites for hydroxylation is 1. The van der Waals surface area contributed by atoms with Gasteiger partial charge in [0, 0.05) is 17.0 Å². The number of nitrogens with zero attached hydrogens (tertiary/aromatic N) is 4. The Hall–Kier alpha value is -1.91. The van der Waals surface area contributed by atoms with Crippen LogP contribution in [-0.2, 0) is 0 Å². The lowest BCUT2D eigenvalue weighted by molar-refractivity contribution is 0.112. The maximum absolute atomic E-state index is 10.7. The van der Waals surface area contributed by atoms with E-state index >= 15 is 0 Å². The summed E-state index contributed by atoms with van der Waals surface area (Å²) in [5, 5.41) is 7.44. The molecule has 2 rings (SSSR count). The first-order valence-electron chi connectivity index (χ1n) is 4.23. The first kappa shape index (κ1) is 8.68. The quantitative estimate of drug-likeness (QED) is 0.659. The summed E-state index contributed by atoms with van der Waals surface area (Å²) in [5.41, 5.74) is 2.55. The molecule has 0 saturated heterocycles. The zero-order valence-corrected chi connectivity index (χ0v) is 8.01. The van der Waals surface area contributed by atoms with Crippen molar-refractivity contribution in [1.82, 2.24) is 19.5 Å². The molecule has 0 unspecified atom stereocenters. The van der Waals surface area contributed by atoms with Crippen molar-refractivity contribution in [3.05, 3.63) is 35.7 Å². The van der Waals surface area contributed by atoms with E-state index in [2.05, 4.69) is 10.2 Å². The smallest absolute Gasteiger partial charge is 0.151 e. The van der Waals surface area contributed by atoms with Crippen molar-refractivity contribution >= 4 is 6.29 Å². The minimum Gasteiger partial charge on any atom is -0.298 e. The molecule has 0 N–H and O–H groups in total. The highest BCUT2D eigenvalue weighted by molar-refractivity contribution is 5.77. The fourth-order valence-corrected chi connectivity index (χ4v) is 1.55. The normalized spacial score (nSPS) is 10.4. The molecule has 0 radical (unpaired) electrons. The van der Waals surface area contributed by atoms with Crippen molar-refractivity contribution in [1.29, 1.82) is 0 Å². The summed E-state index contributed by atoms with van der Waals surface area (Å²) >= 11 is 0. The maximum atomic E-state index is 10.7. The molecule has 0 aliphatic carbocycles. The van der Waals surface area contributed by atoms with Gasteiger partial charge in [0.2, 0.25) is 0 Å². The van der Waals surface area contributed by atoms with E-state index < -0.39 is 0 Å². The lowest BCUT2D eigenvalue weighted by Crippen LogP contribution is -2.10. The lowest BCUT2D eigenvalue weighted by Gasteiger charge is -2.07. The highest BCUT2D eigenvalue weighted by Crippen LogP contribution is 2.12. The summed E-state index contributed by atoms with van der Waals surface area (Å²) in [6.45, 7) is 3.82. The summed E-state index contributed by atoms with van der Waals surface area (Å²) in [6, 6.07) is 1.84. The third-order valence-corrected chi connectivity index (χ3v) is 2.20. The topological polar surface area (TPSA) is 52.7 Å². The molecule has 2 aromatic heterocycles. The van der Waals surface area contributed by atoms with E-state index in [4.69, 9.17) is 0 Å². The number of hydrogen-bond acceptors (Lipinski definition) is 3. The van der Waals surface area contributed by atoms with Gasteiger partial charge in [-0.2, -0.15) is 0 Å². The van der Waals surface area contributed by atoms with Crippen LogP contribution in [0.1, 0.15) is 21.7 Å². The molecule has 0 aromatic carbocycles. The number of aldehydes is 1. The monoisotopic (exact) mass is 190 g/mol. The number of carbonyl (C=O) groups excluding carboxylic acids is 1. The van der Waals surface area contributed by atoms with Gasteiger partial charge in [0.1, 0.15) is 12.7 Å². The van der Waals surface area contributed by atoms with E-state index in [9.17, 15) is 4.79 Å². The second kappa shape index (κ2) is 3.10. The SMILES string of the molecule is Cc1cc(C=O)c(C)n1-n1cnnc1. The molecule has 14 heavy (non-hydrogen) atoms. The Kier molecular flexibility index (Phi) is 1.92. The molecule has 0 spiro atoms. The molecule has 2 aromatic rings. The third kappa shape index (κ3) is 1.14. The van der Waals surface area contributed by atoms with Crippen LogP contribution in [0.25, 0.3) is 0 Å². The molecule has 0 fully saturated rings. The van der Waals surface area contributed by atoms with Gasteiger partial charge >= 0.3 is 0 Å².